The summed E-state index contributed by atoms with van der Waals surface area (Å²) in [7, 11) is 0. The zero-order chi connectivity index (χ0) is 23.9. The number of fused-ring (bicyclic) bond motifs is 1. The molecule has 34 heavy (non-hydrogen) atoms. The summed E-state index contributed by atoms with van der Waals surface area (Å²) < 4.78 is 22.1. The van der Waals surface area contributed by atoms with Crippen LogP contribution in [0.15, 0.2) is 53.4 Å². The van der Waals surface area contributed by atoms with Gasteiger partial charge < -0.3 is 24.3 Å². The van der Waals surface area contributed by atoms with E-state index < -0.39 is 5.97 Å². The van der Waals surface area contributed by atoms with E-state index in [9.17, 15) is 9.59 Å². The normalized spacial score (nSPS) is 13.3. The van der Waals surface area contributed by atoms with Crippen LogP contribution in [0.3, 0.4) is 0 Å². The molecule has 1 aromatic heterocycles. The Balaban J connectivity index is 1.29. The maximum absolute atomic E-state index is 12.5. The van der Waals surface area contributed by atoms with Crippen molar-refractivity contribution in [2.45, 2.75) is 26.5 Å². The molecule has 2 aromatic carbocycles. The first-order valence-electron chi connectivity index (χ1n) is 11.0. The van der Waals surface area contributed by atoms with Crippen molar-refractivity contribution in [1.82, 2.24) is 10.3 Å². The fraction of sp³-hybridized carbons (Fsp3) is 0.320. The Morgan fingerprint density at radius 1 is 1.09 bits per heavy atom. The fourth-order valence-electron chi connectivity index (χ4n) is 3.47. The molecule has 1 atom stereocenters. The number of hydrogen-bond donors (Lipinski definition) is 1. The van der Waals surface area contributed by atoms with Crippen LogP contribution >= 0.6 is 11.3 Å². The number of carbonyl (C=O) groups is 2. The highest BCUT2D eigenvalue weighted by molar-refractivity contribution is 7.07. The summed E-state index contributed by atoms with van der Waals surface area (Å²) in [6.45, 7) is 4.99. The summed E-state index contributed by atoms with van der Waals surface area (Å²) in [5, 5.41) is 4.86. The number of benzene rings is 2. The van der Waals surface area contributed by atoms with Gasteiger partial charge in [-0.1, -0.05) is 19.9 Å². The van der Waals surface area contributed by atoms with Crippen molar-refractivity contribution in [2.24, 2.45) is 5.92 Å². The van der Waals surface area contributed by atoms with E-state index >= 15 is 0 Å². The number of carbonyl (C=O) groups excluding carboxylic acids is 2. The lowest BCUT2D eigenvalue weighted by atomic mass is 9.95. The molecule has 1 aliphatic heterocycles. The molecule has 4 rings (SSSR count). The SMILES string of the molecule is CC(C)C(NC(=O)COC(=O)c1ccc(OCc2cscn2)cc1)c1ccc2c(c1)OCCO2. The quantitative estimate of drug-likeness (QED) is 0.458. The van der Waals surface area contributed by atoms with Crippen molar-refractivity contribution in [3.05, 3.63) is 70.2 Å². The van der Waals surface area contributed by atoms with Gasteiger partial charge in [-0.2, -0.15) is 0 Å². The van der Waals surface area contributed by atoms with Crippen molar-refractivity contribution in [2.75, 3.05) is 19.8 Å². The number of thiazole rings is 1. The topological polar surface area (TPSA) is 96.0 Å². The maximum Gasteiger partial charge on any atom is 0.338 e. The summed E-state index contributed by atoms with van der Waals surface area (Å²) in [5.74, 6) is 1.11. The predicted molar refractivity (Wildman–Crippen MR) is 126 cm³/mol. The molecule has 0 saturated carbocycles. The minimum atomic E-state index is -0.582. The van der Waals surface area contributed by atoms with Crippen LogP contribution in [0.1, 0.15) is 41.5 Å². The van der Waals surface area contributed by atoms with Gasteiger partial charge in [-0.15, -0.1) is 11.3 Å². The van der Waals surface area contributed by atoms with Crippen molar-refractivity contribution in [3.8, 4) is 17.2 Å². The summed E-state index contributed by atoms with van der Waals surface area (Å²) >= 11 is 1.50. The number of nitrogens with one attached hydrogen (secondary N) is 1. The van der Waals surface area contributed by atoms with Crippen molar-refractivity contribution in [3.63, 3.8) is 0 Å². The third kappa shape index (κ3) is 6.05. The van der Waals surface area contributed by atoms with Gasteiger partial charge in [-0.05, 0) is 47.9 Å². The van der Waals surface area contributed by atoms with E-state index in [-0.39, 0.29) is 24.5 Å². The van der Waals surface area contributed by atoms with Crippen molar-refractivity contribution in [1.29, 1.82) is 0 Å². The van der Waals surface area contributed by atoms with Gasteiger partial charge in [0.15, 0.2) is 18.1 Å². The standard InChI is InChI=1S/C25H26N2O6S/c1-16(2)24(18-5-8-21-22(11-18)31-10-9-30-21)27-23(28)13-33-25(29)17-3-6-20(7-4-17)32-12-19-14-34-15-26-19/h3-8,11,14-16,24H,9-10,12-13H2,1-2H3,(H,27,28). The molecule has 1 unspecified atom stereocenters. The monoisotopic (exact) mass is 482 g/mol. The predicted octanol–water partition coefficient (Wildman–Crippen LogP) is 4.16. The zero-order valence-electron chi connectivity index (χ0n) is 19.0. The Kier molecular flexibility index (Phi) is 7.64. The highest BCUT2D eigenvalue weighted by atomic mass is 32.1. The maximum atomic E-state index is 12.5. The van der Waals surface area contributed by atoms with E-state index in [4.69, 9.17) is 18.9 Å². The Bertz CT molecular complexity index is 1110. The van der Waals surface area contributed by atoms with Gasteiger partial charge in [-0.3, -0.25) is 4.79 Å². The Morgan fingerprint density at radius 3 is 2.56 bits per heavy atom. The summed E-state index contributed by atoms with van der Waals surface area (Å²) in [4.78, 5) is 29.1. The lowest BCUT2D eigenvalue weighted by molar-refractivity contribution is -0.125. The second-order valence-electron chi connectivity index (χ2n) is 8.06. The van der Waals surface area contributed by atoms with Gasteiger partial charge in [0.1, 0.15) is 25.6 Å². The first-order chi connectivity index (χ1) is 16.5. The first kappa shape index (κ1) is 23.6. The third-order valence-electron chi connectivity index (χ3n) is 5.20. The van der Waals surface area contributed by atoms with Crippen molar-refractivity contribution >= 4 is 23.2 Å². The molecule has 178 valence electrons. The smallest absolute Gasteiger partial charge is 0.338 e. The molecular formula is C25H26N2O6S. The van der Waals surface area contributed by atoms with Crippen LogP contribution in [0.4, 0.5) is 0 Å². The molecule has 1 N–H and O–H groups in total. The van der Waals surface area contributed by atoms with Crippen LogP contribution < -0.4 is 19.5 Å². The second-order valence-corrected chi connectivity index (χ2v) is 8.78. The highest BCUT2D eigenvalue weighted by Gasteiger charge is 2.22. The molecule has 0 aliphatic carbocycles. The van der Waals surface area contributed by atoms with Gasteiger partial charge in [0, 0.05) is 5.38 Å². The van der Waals surface area contributed by atoms with E-state index in [1.807, 2.05) is 37.4 Å². The Labute approximate surface area is 201 Å². The molecule has 8 nitrogen and oxygen atoms in total. The van der Waals surface area contributed by atoms with E-state index in [0.717, 1.165) is 11.3 Å². The zero-order valence-corrected chi connectivity index (χ0v) is 19.8. The first-order valence-corrected chi connectivity index (χ1v) is 11.9. The summed E-state index contributed by atoms with van der Waals surface area (Å²) in [6, 6.07) is 11.9. The molecule has 2 heterocycles. The van der Waals surface area contributed by atoms with Crippen LogP contribution in [0, 0.1) is 5.92 Å². The van der Waals surface area contributed by atoms with Crippen LogP contribution in [-0.4, -0.2) is 36.7 Å². The molecule has 9 heteroatoms. The largest absolute Gasteiger partial charge is 0.487 e. The van der Waals surface area contributed by atoms with Gasteiger partial charge in [0.25, 0.3) is 5.91 Å². The molecule has 0 bridgehead atoms. The van der Waals surface area contributed by atoms with Crippen LogP contribution in [0.2, 0.25) is 0 Å². The average molecular weight is 483 g/mol. The van der Waals surface area contributed by atoms with E-state index in [1.165, 1.54) is 11.3 Å². The molecule has 1 aliphatic rings. The van der Waals surface area contributed by atoms with Gasteiger partial charge in [-0.25, -0.2) is 9.78 Å². The number of esters is 1. The van der Waals surface area contributed by atoms with Gasteiger partial charge in [0.05, 0.1) is 22.8 Å². The molecule has 1 amide bonds. The summed E-state index contributed by atoms with van der Waals surface area (Å²) in [6.07, 6.45) is 0. The van der Waals surface area contributed by atoms with E-state index in [2.05, 4.69) is 10.3 Å². The van der Waals surface area contributed by atoms with E-state index in [0.29, 0.717) is 42.6 Å². The van der Waals surface area contributed by atoms with Crippen LogP contribution in [0.5, 0.6) is 17.2 Å². The van der Waals surface area contributed by atoms with E-state index in [1.54, 1.807) is 29.8 Å². The van der Waals surface area contributed by atoms with Crippen molar-refractivity contribution < 1.29 is 28.5 Å². The Hall–Kier alpha value is -3.59. The second kappa shape index (κ2) is 11.0. The number of ether oxygens (including phenoxy) is 4. The Morgan fingerprint density at radius 2 is 1.85 bits per heavy atom. The minimum Gasteiger partial charge on any atom is -0.487 e. The van der Waals surface area contributed by atoms with Crippen LogP contribution in [0.25, 0.3) is 0 Å². The molecule has 0 saturated heterocycles. The highest BCUT2D eigenvalue weighted by Crippen LogP contribution is 2.34. The number of nitrogens with zero attached hydrogens (tertiary/aromatic N) is 1. The lowest BCUT2D eigenvalue weighted by Crippen LogP contribution is -2.35. The molecule has 0 spiro atoms. The number of amides is 1. The fourth-order valence-corrected chi connectivity index (χ4v) is 4.01. The molecular weight excluding hydrogens is 456 g/mol. The molecule has 0 radical (unpaired) electrons. The van der Waals surface area contributed by atoms with Crippen LogP contribution in [-0.2, 0) is 16.1 Å². The van der Waals surface area contributed by atoms with Gasteiger partial charge in [0.2, 0.25) is 0 Å². The lowest BCUT2D eigenvalue weighted by Gasteiger charge is -2.25. The number of rotatable bonds is 9. The van der Waals surface area contributed by atoms with Gasteiger partial charge >= 0.3 is 5.97 Å². The molecule has 3 aromatic rings. The third-order valence-corrected chi connectivity index (χ3v) is 5.84. The summed E-state index contributed by atoms with van der Waals surface area (Å²) in [5.41, 5.74) is 3.82. The molecule has 0 fully saturated rings. The number of aromatic nitrogens is 1. The average Bonchev–Trinajstić information content (AvgIpc) is 3.38. The number of hydrogen-bond acceptors (Lipinski definition) is 8. The minimum absolute atomic E-state index is 0.110.